The van der Waals surface area contributed by atoms with Crippen LogP contribution in [0.1, 0.15) is 24.0 Å². The average molecular weight is 249 g/mol. The van der Waals surface area contributed by atoms with E-state index in [2.05, 4.69) is 4.90 Å². The second kappa shape index (κ2) is 5.40. The van der Waals surface area contributed by atoms with Crippen LogP contribution < -0.4 is 4.90 Å². The van der Waals surface area contributed by atoms with Crippen molar-refractivity contribution in [2.45, 2.75) is 32.3 Å². The fourth-order valence-corrected chi connectivity index (χ4v) is 2.53. The van der Waals surface area contributed by atoms with E-state index in [1.165, 1.54) is 0 Å². The number of β-amino-alcohol motifs (C(OH)–C–C–N with tert-alkyl or cyclic N) is 1. The van der Waals surface area contributed by atoms with Crippen molar-refractivity contribution in [3.05, 3.63) is 29.3 Å². The molecule has 1 aromatic carbocycles. The number of carboxylic acids is 1. The van der Waals surface area contributed by atoms with Crippen molar-refractivity contribution in [1.29, 1.82) is 0 Å². The first-order chi connectivity index (χ1) is 8.56. The molecule has 1 aliphatic rings. The number of aliphatic carboxylic acids is 1. The Morgan fingerprint density at radius 3 is 2.89 bits per heavy atom. The van der Waals surface area contributed by atoms with Crippen LogP contribution in [-0.2, 0) is 11.2 Å². The van der Waals surface area contributed by atoms with Crippen LogP contribution in [0.3, 0.4) is 0 Å². The topological polar surface area (TPSA) is 60.8 Å². The number of benzene rings is 1. The molecule has 0 amide bonds. The average Bonchev–Trinajstić information content (AvgIpc) is 2.28. The van der Waals surface area contributed by atoms with Gasteiger partial charge >= 0.3 is 5.97 Å². The number of hydrogen-bond acceptors (Lipinski definition) is 3. The number of anilines is 1. The van der Waals surface area contributed by atoms with Gasteiger partial charge < -0.3 is 15.1 Å². The number of carboxylic acid groups (broad SMARTS) is 1. The minimum atomic E-state index is -0.810. The van der Waals surface area contributed by atoms with Gasteiger partial charge in [0.15, 0.2) is 0 Å². The highest BCUT2D eigenvalue weighted by atomic mass is 16.4. The first kappa shape index (κ1) is 12.9. The highest BCUT2D eigenvalue weighted by Gasteiger charge is 2.19. The van der Waals surface area contributed by atoms with Crippen molar-refractivity contribution in [2.75, 3.05) is 18.0 Å². The minimum Gasteiger partial charge on any atom is -0.481 e. The number of aryl methyl sites for hydroxylation is 1. The number of carbonyl (C=O) groups is 1. The predicted molar refractivity (Wildman–Crippen MR) is 70.0 cm³/mol. The van der Waals surface area contributed by atoms with Gasteiger partial charge in [-0.1, -0.05) is 12.1 Å². The number of hydrogen-bond donors (Lipinski definition) is 2. The second-order valence-corrected chi connectivity index (χ2v) is 4.93. The summed E-state index contributed by atoms with van der Waals surface area (Å²) in [7, 11) is 0. The molecule has 1 unspecified atom stereocenters. The van der Waals surface area contributed by atoms with Gasteiger partial charge in [-0.05, 0) is 37.0 Å². The van der Waals surface area contributed by atoms with Crippen molar-refractivity contribution in [3.63, 3.8) is 0 Å². The zero-order chi connectivity index (χ0) is 13.1. The maximum Gasteiger partial charge on any atom is 0.307 e. The van der Waals surface area contributed by atoms with Crippen molar-refractivity contribution in [2.24, 2.45) is 0 Å². The second-order valence-electron chi connectivity index (χ2n) is 4.93. The van der Waals surface area contributed by atoms with Gasteiger partial charge in [0.05, 0.1) is 12.5 Å². The van der Waals surface area contributed by atoms with Crippen LogP contribution in [0.2, 0.25) is 0 Å². The van der Waals surface area contributed by atoms with Gasteiger partial charge in [-0.25, -0.2) is 0 Å². The van der Waals surface area contributed by atoms with Crippen LogP contribution >= 0.6 is 0 Å². The summed E-state index contributed by atoms with van der Waals surface area (Å²) in [5.41, 5.74) is 2.99. The number of piperidine rings is 1. The molecule has 1 aliphatic heterocycles. The molecule has 2 N–H and O–H groups in total. The third kappa shape index (κ3) is 3.01. The van der Waals surface area contributed by atoms with Crippen LogP contribution in [0.25, 0.3) is 0 Å². The third-order valence-electron chi connectivity index (χ3n) is 3.35. The largest absolute Gasteiger partial charge is 0.481 e. The molecule has 1 atom stereocenters. The van der Waals surface area contributed by atoms with Gasteiger partial charge in [0.25, 0.3) is 0 Å². The predicted octanol–water partition coefficient (Wildman–Crippen LogP) is 1.58. The summed E-state index contributed by atoms with van der Waals surface area (Å²) in [6, 6.07) is 5.74. The number of aliphatic hydroxyl groups excluding tert-OH is 1. The molecule has 0 aliphatic carbocycles. The molecule has 18 heavy (non-hydrogen) atoms. The summed E-state index contributed by atoms with van der Waals surface area (Å²) in [4.78, 5) is 12.8. The molecule has 1 fully saturated rings. The Hall–Kier alpha value is -1.55. The fraction of sp³-hybridized carbons (Fsp3) is 0.500. The van der Waals surface area contributed by atoms with Gasteiger partial charge in [0.2, 0.25) is 0 Å². The molecule has 98 valence electrons. The molecular formula is C14H19NO3. The first-order valence-electron chi connectivity index (χ1n) is 6.30. The molecule has 0 aromatic heterocycles. The summed E-state index contributed by atoms with van der Waals surface area (Å²) in [5, 5.41) is 18.5. The van der Waals surface area contributed by atoms with E-state index in [9.17, 15) is 9.90 Å². The van der Waals surface area contributed by atoms with E-state index in [0.717, 1.165) is 36.2 Å². The summed E-state index contributed by atoms with van der Waals surface area (Å²) in [6.45, 7) is 3.61. The molecule has 2 rings (SSSR count). The van der Waals surface area contributed by atoms with Gasteiger partial charge in [-0.3, -0.25) is 4.79 Å². The standard InChI is InChI=1S/C14H19NO3/c1-10-7-11(8-14(17)18)4-5-13(10)15-6-2-3-12(16)9-15/h4-5,7,12,16H,2-3,6,8-9H2,1H3,(H,17,18). The molecule has 0 radical (unpaired) electrons. The molecule has 0 saturated carbocycles. The van der Waals surface area contributed by atoms with Crippen LogP contribution in [0.5, 0.6) is 0 Å². The van der Waals surface area contributed by atoms with Gasteiger partial charge in [-0.15, -0.1) is 0 Å². The van der Waals surface area contributed by atoms with Crippen LogP contribution in [0, 0.1) is 6.92 Å². The Kier molecular flexibility index (Phi) is 3.87. The quantitative estimate of drug-likeness (QED) is 0.854. The lowest BCUT2D eigenvalue weighted by Crippen LogP contribution is -2.38. The van der Waals surface area contributed by atoms with E-state index in [4.69, 9.17) is 5.11 Å². The Morgan fingerprint density at radius 1 is 1.50 bits per heavy atom. The van der Waals surface area contributed by atoms with Gasteiger partial charge in [0, 0.05) is 18.8 Å². The smallest absolute Gasteiger partial charge is 0.307 e. The lowest BCUT2D eigenvalue weighted by molar-refractivity contribution is -0.136. The monoisotopic (exact) mass is 249 g/mol. The lowest BCUT2D eigenvalue weighted by Gasteiger charge is -2.33. The molecule has 4 nitrogen and oxygen atoms in total. The van der Waals surface area contributed by atoms with E-state index >= 15 is 0 Å². The molecule has 1 saturated heterocycles. The SMILES string of the molecule is Cc1cc(CC(=O)O)ccc1N1CCCC(O)C1. The number of nitrogens with zero attached hydrogens (tertiary/aromatic N) is 1. The fourth-order valence-electron chi connectivity index (χ4n) is 2.53. The molecule has 4 heteroatoms. The van der Waals surface area contributed by atoms with Crippen molar-refractivity contribution >= 4 is 11.7 Å². The zero-order valence-corrected chi connectivity index (χ0v) is 10.6. The van der Waals surface area contributed by atoms with Crippen LogP contribution in [0.15, 0.2) is 18.2 Å². The molecular weight excluding hydrogens is 230 g/mol. The zero-order valence-electron chi connectivity index (χ0n) is 10.6. The van der Waals surface area contributed by atoms with E-state index in [1.54, 1.807) is 0 Å². The van der Waals surface area contributed by atoms with E-state index < -0.39 is 5.97 Å². The van der Waals surface area contributed by atoms with Crippen molar-refractivity contribution in [3.8, 4) is 0 Å². The Bertz CT molecular complexity index is 445. The van der Waals surface area contributed by atoms with Crippen LogP contribution in [-0.4, -0.2) is 35.4 Å². The number of rotatable bonds is 3. The maximum absolute atomic E-state index is 10.7. The Labute approximate surface area is 107 Å². The third-order valence-corrected chi connectivity index (χ3v) is 3.35. The number of aliphatic hydroxyl groups is 1. The highest BCUT2D eigenvalue weighted by molar-refractivity contribution is 5.71. The maximum atomic E-state index is 10.7. The Morgan fingerprint density at radius 2 is 2.28 bits per heavy atom. The summed E-state index contributed by atoms with van der Waals surface area (Å²) in [5.74, 6) is -0.810. The van der Waals surface area contributed by atoms with E-state index in [-0.39, 0.29) is 12.5 Å². The molecule has 0 bridgehead atoms. The lowest BCUT2D eigenvalue weighted by atomic mass is 10.0. The van der Waals surface area contributed by atoms with Crippen molar-refractivity contribution in [1.82, 2.24) is 0 Å². The van der Waals surface area contributed by atoms with E-state index in [0.29, 0.717) is 6.54 Å². The first-order valence-corrected chi connectivity index (χ1v) is 6.30. The van der Waals surface area contributed by atoms with Crippen molar-refractivity contribution < 1.29 is 15.0 Å². The molecule has 1 heterocycles. The normalized spacial score (nSPS) is 19.9. The summed E-state index contributed by atoms with van der Waals surface area (Å²) in [6.07, 6.45) is 1.67. The van der Waals surface area contributed by atoms with Gasteiger partial charge in [0.1, 0.15) is 0 Å². The van der Waals surface area contributed by atoms with Crippen LogP contribution in [0.4, 0.5) is 5.69 Å². The molecule has 0 spiro atoms. The minimum absolute atomic E-state index is 0.0593. The summed E-state index contributed by atoms with van der Waals surface area (Å²) < 4.78 is 0. The summed E-state index contributed by atoms with van der Waals surface area (Å²) >= 11 is 0. The van der Waals surface area contributed by atoms with E-state index in [1.807, 2.05) is 25.1 Å². The van der Waals surface area contributed by atoms with Gasteiger partial charge in [-0.2, -0.15) is 0 Å². The molecule has 1 aromatic rings. The Balaban J connectivity index is 2.16. The highest BCUT2D eigenvalue weighted by Crippen LogP contribution is 2.25.